The van der Waals surface area contributed by atoms with Crippen LogP contribution in [0.1, 0.15) is 18.4 Å². The van der Waals surface area contributed by atoms with Gasteiger partial charge in [-0.25, -0.2) is 0 Å². The van der Waals surface area contributed by atoms with E-state index in [2.05, 4.69) is 54.5 Å². The van der Waals surface area contributed by atoms with E-state index in [0.29, 0.717) is 0 Å². The van der Waals surface area contributed by atoms with Gasteiger partial charge in [0.15, 0.2) is 0 Å². The quantitative estimate of drug-likeness (QED) is 0.829. The first-order valence-corrected chi connectivity index (χ1v) is 7.31. The van der Waals surface area contributed by atoms with Crippen molar-refractivity contribution in [3.63, 3.8) is 0 Å². The summed E-state index contributed by atoms with van der Waals surface area (Å²) in [6, 6.07) is 7.09. The summed E-state index contributed by atoms with van der Waals surface area (Å²) in [7, 11) is 6.29. The zero-order valence-corrected chi connectivity index (χ0v) is 12.9. The fraction of sp³-hybridized carbons (Fsp3) is 0.600. The maximum Gasteiger partial charge on any atom is 0.0471 e. The fourth-order valence-corrected chi connectivity index (χ4v) is 2.18. The Labute approximate surface area is 121 Å². The normalized spacial score (nSPS) is 15.0. The van der Waals surface area contributed by atoms with Crippen LogP contribution in [-0.4, -0.2) is 45.2 Å². The van der Waals surface area contributed by atoms with Gasteiger partial charge < -0.3 is 15.1 Å². The van der Waals surface area contributed by atoms with Gasteiger partial charge >= 0.3 is 0 Å². The number of halogens is 1. The molecule has 4 heteroatoms. The van der Waals surface area contributed by atoms with Gasteiger partial charge in [-0.1, -0.05) is 17.7 Å². The molecule has 0 saturated heterocycles. The van der Waals surface area contributed by atoms with Crippen molar-refractivity contribution in [3.05, 3.63) is 28.8 Å². The van der Waals surface area contributed by atoms with E-state index in [0.717, 1.165) is 30.7 Å². The SMILES string of the molecule is CN(C)CCN(C)c1ccc(CNC2CC2)c(Cl)c1. The second-order valence-corrected chi connectivity index (χ2v) is 6.06. The third kappa shape index (κ3) is 4.68. The molecule has 1 aromatic carbocycles. The van der Waals surface area contributed by atoms with E-state index in [1.165, 1.54) is 24.1 Å². The van der Waals surface area contributed by atoms with Gasteiger partial charge in [0.1, 0.15) is 0 Å². The highest BCUT2D eigenvalue weighted by atomic mass is 35.5. The van der Waals surface area contributed by atoms with Crippen LogP contribution in [0.5, 0.6) is 0 Å². The van der Waals surface area contributed by atoms with Crippen LogP contribution in [-0.2, 0) is 6.54 Å². The standard InChI is InChI=1S/C15H24ClN3/c1-18(2)8-9-19(3)14-7-4-12(15(16)10-14)11-17-13-5-6-13/h4,7,10,13,17H,5-6,8-9,11H2,1-3H3. The predicted molar refractivity (Wildman–Crippen MR) is 83.1 cm³/mol. The van der Waals surface area contributed by atoms with Gasteiger partial charge in [0.05, 0.1) is 0 Å². The first-order valence-electron chi connectivity index (χ1n) is 6.94. The summed E-state index contributed by atoms with van der Waals surface area (Å²) >= 11 is 6.36. The van der Waals surface area contributed by atoms with E-state index in [1.807, 2.05) is 0 Å². The molecule has 2 rings (SSSR count). The molecule has 0 spiro atoms. The molecule has 1 fully saturated rings. The van der Waals surface area contributed by atoms with Gasteiger partial charge in [-0.2, -0.15) is 0 Å². The topological polar surface area (TPSA) is 18.5 Å². The third-order valence-electron chi connectivity index (χ3n) is 3.52. The summed E-state index contributed by atoms with van der Waals surface area (Å²) in [5.74, 6) is 0. The van der Waals surface area contributed by atoms with Gasteiger partial charge in [0, 0.05) is 43.4 Å². The van der Waals surface area contributed by atoms with Crippen LogP contribution in [0.3, 0.4) is 0 Å². The smallest absolute Gasteiger partial charge is 0.0471 e. The number of nitrogens with zero attached hydrogens (tertiary/aromatic N) is 2. The Bertz CT molecular complexity index is 416. The lowest BCUT2D eigenvalue weighted by molar-refractivity contribution is 0.416. The van der Waals surface area contributed by atoms with Crippen molar-refractivity contribution in [2.24, 2.45) is 0 Å². The van der Waals surface area contributed by atoms with Crippen molar-refractivity contribution in [2.45, 2.75) is 25.4 Å². The molecule has 3 nitrogen and oxygen atoms in total. The summed E-state index contributed by atoms with van der Waals surface area (Å²) in [5.41, 5.74) is 2.38. The summed E-state index contributed by atoms with van der Waals surface area (Å²) in [4.78, 5) is 4.43. The molecule has 1 aliphatic rings. The lowest BCUT2D eigenvalue weighted by Gasteiger charge is -2.22. The molecule has 1 N–H and O–H groups in total. The fourth-order valence-electron chi connectivity index (χ4n) is 1.94. The Morgan fingerprint density at radius 1 is 1.21 bits per heavy atom. The molecule has 0 amide bonds. The number of benzene rings is 1. The van der Waals surface area contributed by atoms with E-state index >= 15 is 0 Å². The van der Waals surface area contributed by atoms with Gasteiger partial charge in [0.25, 0.3) is 0 Å². The molecule has 1 aliphatic carbocycles. The molecule has 0 radical (unpaired) electrons. The largest absolute Gasteiger partial charge is 0.373 e. The summed E-state index contributed by atoms with van der Waals surface area (Å²) in [6.07, 6.45) is 2.62. The average Bonchev–Trinajstić information content (AvgIpc) is 3.18. The molecule has 0 bridgehead atoms. The Morgan fingerprint density at radius 2 is 1.95 bits per heavy atom. The average molecular weight is 282 g/mol. The van der Waals surface area contributed by atoms with Crippen molar-refractivity contribution in [3.8, 4) is 0 Å². The summed E-state index contributed by atoms with van der Waals surface area (Å²) in [5, 5.41) is 4.36. The van der Waals surface area contributed by atoms with E-state index in [-0.39, 0.29) is 0 Å². The molecule has 0 atom stereocenters. The van der Waals surface area contributed by atoms with Crippen molar-refractivity contribution in [2.75, 3.05) is 39.1 Å². The molecule has 0 aliphatic heterocycles. The Morgan fingerprint density at radius 3 is 2.53 bits per heavy atom. The molecule has 1 saturated carbocycles. The maximum atomic E-state index is 6.36. The van der Waals surface area contributed by atoms with Crippen molar-refractivity contribution >= 4 is 17.3 Å². The molecule has 106 valence electrons. The molecular formula is C15H24ClN3. The van der Waals surface area contributed by atoms with Gasteiger partial charge in [-0.05, 0) is 44.6 Å². The van der Waals surface area contributed by atoms with Crippen LogP contribution >= 0.6 is 11.6 Å². The number of hydrogen-bond donors (Lipinski definition) is 1. The van der Waals surface area contributed by atoms with Crippen LogP contribution in [0.25, 0.3) is 0 Å². The second kappa shape index (κ2) is 6.60. The number of anilines is 1. The van der Waals surface area contributed by atoms with Gasteiger partial charge in [-0.15, -0.1) is 0 Å². The Hall–Kier alpha value is -0.770. The highest BCUT2D eigenvalue weighted by molar-refractivity contribution is 6.31. The second-order valence-electron chi connectivity index (χ2n) is 5.66. The van der Waals surface area contributed by atoms with E-state index in [4.69, 9.17) is 11.6 Å². The Balaban J connectivity index is 1.92. The number of likely N-dealkylation sites (N-methyl/N-ethyl adjacent to an activating group) is 2. The van der Waals surface area contributed by atoms with Crippen molar-refractivity contribution in [1.82, 2.24) is 10.2 Å². The van der Waals surface area contributed by atoms with Crippen LogP contribution in [0.15, 0.2) is 18.2 Å². The van der Waals surface area contributed by atoms with Crippen LogP contribution < -0.4 is 10.2 Å². The molecule has 0 aromatic heterocycles. The van der Waals surface area contributed by atoms with Gasteiger partial charge in [-0.3, -0.25) is 0 Å². The van der Waals surface area contributed by atoms with Crippen LogP contribution in [0, 0.1) is 0 Å². The molecule has 0 unspecified atom stereocenters. The number of rotatable bonds is 7. The van der Waals surface area contributed by atoms with E-state index in [1.54, 1.807) is 0 Å². The van der Waals surface area contributed by atoms with Crippen molar-refractivity contribution < 1.29 is 0 Å². The first-order chi connectivity index (χ1) is 9.06. The molecule has 1 aromatic rings. The molecule has 19 heavy (non-hydrogen) atoms. The first kappa shape index (κ1) is 14.6. The predicted octanol–water partition coefficient (Wildman–Crippen LogP) is 2.59. The maximum absolute atomic E-state index is 6.36. The highest BCUT2D eigenvalue weighted by Crippen LogP contribution is 2.25. The minimum absolute atomic E-state index is 0.721. The van der Waals surface area contributed by atoms with E-state index in [9.17, 15) is 0 Å². The minimum atomic E-state index is 0.721. The van der Waals surface area contributed by atoms with Crippen LogP contribution in [0.2, 0.25) is 5.02 Å². The van der Waals surface area contributed by atoms with Gasteiger partial charge in [0.2, 0.25) is 0 Å². The number of hydrogen-bond acceptors (Lipinski definition) is 3. The lowest BCUT2D eigenvalue weighted by Crippen LogP contribution is -2.28. The minimum Gasteiger partial charge on any atom is -0.373 e. The summed E-state index contributed by atoms with van der Waals surface area (Å²) < 4.78 is 0. The number of nitrogens with one attached hydrogen (secondary N) is 1. The molecular weight excluding hydrogens is 258 g/mol. The zero-order valence-electron chi connectivity index (χ0n) is 12.1. The Kier molecular flexibility index (Phi) is 5.08. The third-order valence-corrected chi connectivity index (χ3v) is 3.87. The molecule has 0 heterocycles. The highest BCUT2D eigenvalue weighted by Gasteiger charge is 2.20. The van der Waals surface area contributed by atoms with E-state index < -0.39 is 0 Å². The lowest BCUT2D eigenvalue weighted by atomic mass is 10.2. The summed E-state index contributed by atoms with van der Waals surface area (Å²) in [6.45, 7) is 2.92. The zero-order chi connectivity index (χ0) is 13.8. The monoisotopic (exact) mass is 281 g/mol. The van der Waals surface area contributed by atoms with Crippen molar-refractivity contribution in [1.29, 1.82) is 0 Å². The van der Waals surface area contributed by atoms with Crippen LogP contribution in [0.4, 0.5) is 5.69 Å².